The third kappa shape index (κ3) is 19.1. The second-order valence-corrected chi connectivity index (χ2v) is 24.2. The van der Waals surface area contributed by atoms with E-state index in [1.165, 1.54) is 9.80 Å². The molecular formula is C60H98N12O18. The number of carbonyl (C=O) groups excluding carboxylic acids is 4. The Morgan fingerprint density at radius 1 is 0.478 bits per heavy atom. The van der Waals surface area contributed by atoms with Gasteiger partial charge in [0.15, 0.2) is 0 Å². The van der Waals surface area contributed by atoms with Gasteiger partial charge in [0.25, 0.3) is 0 Å². The summed E-state index contributed by atoms with van der Waals surface area (Å²) in [6.07, 6.45) is -8.22. The van der Waals surface area contributed by atoms with Gasteiger partial charge >= 0.3 is 11.9 Å². The van der Waals surface area contributed by atoms with Crippen LogP contribution in [0.2, 0.25) is 0 Å². The van der Waals surface area contributed by atoms with E-state index in [-0.39, 0.29) is 39.0 Å². The number of ether oxygens (including phenoxy) is 4. The molecule has 506 valence electrons. The van der Waals surface area contributed by atoms with Gasteiger partial charge in [-0.15, -0.1) is 0 Å². The van der Waals surface area contributed by atoms with Crippen molar-refractivity contribution in [2.75, 3.05) is 52.5 Å². The van der Waals surface area contributed by atoms with Gasteiger partial charge in [-0.2, -0.15) is 0 Å². The quantitative estimate of drug-likeness (QED) is 0.0297. The minimum absolute atomic E-state index is 0.0384. The Bertz CT molecular complexity index is 2400. The van der Waals surface area contributed by atoms with Crippen molar-refractivity contribution < 1.29 is 88.6 Å². The lowest BCUT2D eigenvalue weighted by molar-refractivity contribution is -0.218. The number of aliphatic hydroxyl groups is 6. The molecule has 2 aliphatic heterocycles. The molecule has 26 N–H and O–H groups in total. The standard InChI is InChI=1S/C60H98N12O18/c61-25-37-51(81)53(83)45(67)55(89-37)43-33(63)23-35(65)49(79)57(43)87-29-39(73)71(47(31-17-11-9-12-18-31)59(85)69-27-41(75)76)21-15-7-5-3-1-2-4-6-8-16-22-72(48(32-19-13-10-14-20-32)60(86)70-28-42(77)78)40(74)30-88-58-44(34(64)24-36(66)50(58)80)56-46(68)54(84)52(82)38(26-62)90-56/h9-14,17-20,33-38,43-58,79-84H,1-8,15-16,21-30,61-68H2,(H,69,85)(H,70,86)(H,75,76)(H,77,78)/t33-,34-,35+,36+,37+,38+,43-,44-,45+,46+,47?,48?,49-,50-,51+,52+,53+,54+,55+,56+,57-,58-/m0/s1. The zero-order chi connectivity index (χ0) is 65.9. The first-order chi connectivity index (χ1) is 42.9. The first-order valence-corrected chi connectivity index (χ1v) is 31.2. The second kappa shape index (κ2) is 35.5. The van der Waals surface area contributed by atoms with Gasteiger partial charge in [0, 0.05) is 62.2 Å². The fourth-order valence-corrected chi connectivity index (χ4v) is 13.1. The van der Waals surface area contributed by atoms with E-state index < -0.39 is 195 Å². The number of carboxylic acid groups (broad SMARTS) is 2. The monoisotopic (exact) mass is 1270 g/mol. The van der Waals surface area contributed by atoms with Crippen molar-refractivity contribution in [3.8, 4) is 0 Å². The van der Waals surface area contributed by atoms with Crippen LogP contribution in [-0.2, 0) is 47.7 Å². The number of aliphatic carboxylic acids is 2. The zero-order valence-electron chi connectivity index (χ0n) is 50.8. The molecule has 30 heteroatoms. The molecule has 2 unspecified atom stereocenters. The lowest BCUT2D eigenvalue weighted by Crippen LogP contribution is -2.70. The number of unbranched alkanes of at least 4 members (excludes halogenated alkanes) is 9. The van der Waals surface area contributed by atoms with Crippen molar-refractivity contribution in [1.29, 1.82) is 0 Å². The van der Waals surface area contributed by atoms with Crippen LogP contribution in [0.4, 0.5) is 0 Å². The number of benzene rings is 2. The molecule has 22 atom stereocenters. The molecule has 2 aliphatic carbocycles. The summed E-state index contributed by atoms with van der Waals surface area (Å²) >= 11 is 0. The Morgan fingerprint density at radius 2 is 0.800 bits per heavy atom. The van der Waals surface area contributed by atoms with Crippen LogP contribution in [0.3, 0.4) is 0 Å². The molecular weight excluding hydrogens is 1180 g/mol. The van der Waals surface area contributed by atoms with Crippen LogP contribution in [0.5, 0.6) is 0 Å². The molecule has 30 nitrogen and oxygen atoms in total. The van der Waals surface area contributed by atoms with E-state index in [2.05, 4.69) is 10.6 Å². The first kappa shape index (κ1) is 73.6. The molecule has 2 saturated carbocycles. The Kier molecular flexibility index (Phi) is 29.1. The fraction of sp³-hybridized carbons (Fsp3) is 0.700. The minimum Gasteiger partial charge on any atom is -0.480 e. The van der Waals surface area contributed by atoms with Crippen LogP contribution in [0, 0.1) is 11.8 Å². The third-order valence-corrected chi connectivity index (χ3v) is 17.9. The highest BCUT2D eigenvalue weighted by Gasteiger charge is 2.55. The molecule has 6 rings (SSSR count). The average Bonchev–Trinajstić information content (AvgIpc) is 0.805. The fourth-order valence-electron chi connectivity index (χ4n) is 13.1. The van der Waals surface area contributed by atoms with Crippen LogP contribution < -0.4 is 56.5 Å². The van der Waals surface area contributed by atoms with E-state index in [0.717, 1.165) is 38.5 Å². The molecule has 0 aromatic heterocycles. The Morgan fingerprint density at radius 3 is 1.11 bits per heavy atom. The SMILES string of the molecule is NC[C@H]1O[C@H]([C@H]2[C@H](OCC(=O)N(CCCCCCCCCCCCN(C(=O)CO[C@@H]3[C@@H](O)[C@H](N)C[C@H](N)[C@H]3[C@H]3O[C@H](CN)[C@@H](O)[C@H](O)[C@H]3N)C(C(=O)NCC(=O)O)c3ccccc3)C(C(=O)NCC(=O)O)c3ccccc3)[C@@H](O)[C@H](N)C[C@@H]2N)[C@H](N)[C@@H](O)[C@@H]1O. The Hall–Kier alpha value is -5.46. The predicted octanol–water partition coefficient (Wildman–Crippen LogP) is -5.18. The number of rotatable bonds is 33. The smallest absolute Gasteiger partial charge is 0.322 e. The largest absolute Gasteiger partial charge is 0.480 e. The van der Waals surface area contributed by atoms with E-state index >= 15 is 0 Å². The van der Waals surface area contributed by atoms with Gasteiger partial charge < -0.3 is 126 Å². The minimum atomic E-state index is -1.47. The summed E-state index contributed by atoms with van der Waals surface area (Å²) in [4.78, 5) is 82.8. The van der Waals surface area contributed by atoms with Crippen LogP contribution in [0.15, 0.2) is 60.7 Å². The molecule has 4 aliphatic rings. The summed E-state index contributed by atoms with van der Waals surface area (Å²) in [6, 6.07) is 8.28. The van der Waals surface area contributed by atoms with E-state index in [0.29, 0.717) is 36.8 Å². The molecule has 2 aromatic rings. The lowest BCUT2D eigenvalue weighted by Gasteiger charge is -2.51. The van der Waals surface area contributed by atoms with Crippen molar-refractivity contribution >= 4 is 35.6 Å². The van der Waals surface area contributed by atoms with Crippen molar-refractivity contribution in [2.24, 2.45) is 57.7 Å². The maximum absolute atomic E-state index is 14.6. The summed E-state index contributed by atoms with van der Waals surface area (Å²) in [5.74, 6) is -7.36. The summed E-state index contributed by atoms with van der Waals surface area (Å²) in [7, 11) is 0. The molecule has 2 heterocycles. The normalized spacial score (nSPS) is 32.6. The highest BCUT2D eigenvalue weighted by atomic mass is 16.5. The number of nitrogens with zero attached hydrogens (tertiary/aromatic N) is 2. The highest BCUT2D eigenvalue weighted by Crippen LogP contribution is 2.38. The van der Waals surface area contributed by atoms with Crippen molar-refractivity contribution in [3.63, 3.8) is 0 Å². The van der Waals surface area contributed by atoms with Gasteiger partial charge in [-0.1, -0.05) is 112 Å². The number of aliphatic hydroxyl groups excluding tert-OH is 6. The highest BCUT2D eigenvalue weighted by molar-refractivity contribution is 5.91. The molecule has 0 spiro atoms. The lowest BCUT2D eigenvalue weighted by atomic mass is 9.71. The average molecular weight is 1280 g/mol. The van der Waals surface area contributed by atoms with E-state index in [4.69, 9.17) is 64.8 Å². The van der Waals surface area contributed by atoms with Crippen LogP contribution in [0.1, 0.15) is 100 Å². The summed E-state index contributed by atoms with van der Waals surface area (Å²) in [5, 5.41) is 89.6. The maximum Gasteiger partial charge on any atom is 0.322 e. The second-order valence-electron chi connectivity index (χ2n) is 24.2. The number of carbonyl (C=O) groups is 6. The van der Waals surface area contributed by atoms with Crippen LogP contribution >= 0.6 is 0 Å². The van der Waals surface area contributed by atoms with Gasteiger partial charge in [-0.3, -0.25) is 28.8 Å². The van der Waals surface area contributed by atoms with Gasteiger partial charge in [-0.05, 0) is 36.8 Å². The first-order valence-electron chi connectivity index (χ1n) is 31.2. The number of hydrogen-bond donors (Lipinski definition) is 18. The van der Waals surface area contributed by atoms with Gasteiger partial charge in [-0.25, -0.2) is 0 Å². The molecule has 4 amide bonds. The molecule has 0 radical (unpaired) electrons. The van der Waals surface area contributed by atoms with Gasteiger partial charge in [0.05, 0.1) is 60.9 Å². The number of carboxylic acids is 2. The predicted molar refractivity (Wildman–Crippen MR) is 324 cm³/mol. The third-order valence-electron chi connectivity index (χ3n) is 17.9. The number of nitrogens with two attached hydrogens (primary N) is 8. The maximum atomic E-state index is 14.6. The summed E-state index contributed by atoms with van der Waals surface area (Å²) in [6.45, 7) is -3.11. The van der Waals surface area contributed by atoms with Crippen molar-refractivity contribution in [1.82, 2.24) is 20.4 Å². The van der Waals surface area contributed by atoms with Gasteiger partial charge in [0.2, 0.25) is 23.6 Å². The topological polar surface area (TPSA) is 540 Å². The zero-order valence-corrected chi connectivity index (χ0v) is 50.8. The molecule has 4 fully saturated rings. The van der Waals surface area contributed by atoms with Crippen LogP contribution in [0.25, 0.3) is 0 Å². The molecule has 0 bridgehead atoms. The van der Waals surface area contributed by atoms with Gasteiger partial charge in [0.1, 0.15) is 62.8 Å². The molecule has 2 aromatic carbocycles. The summed E-state index contributed by atoms with van der Waals surface area (Å²) < 4.78 is 24.6. The van der Waals surface area contributed by atoms with Crippen LogP contribution in [-0.4, -0.2) is 248 Å². The van der Waals surface area contributed by atoms with E-state index in [9.17, 15) is 69.6 Å². The summed E-state index contributed by atoms with van der Waals surface area (Å²) in [5.41, 5.74) is 51.1. The van der Waals surface area contributed by atoms with E-state index in [1.54, 1.807) is 60.7 Å². The Balaban J connectivity index is 1.07. The number of nitrogens with one attached hydrogen (secondary N) is 2. The van der Waals surface area contributed by atoms with Crippen molar-refractivity contribution in [3.05, 3.63) is 71.8 Å². The van der Waals surface area contributed by atoms with E-state index in [1.807, 2.05) is 0 Å². The molecule has 90 heavy (non-hydrogen) atoms. The number of amides is 4. The van der Waals surface area contributed by atoms with Crippen molar-refractivity contribution in [2.45, 2.75) is 199 Å². The number of hydrogen-bond acceptors (Lipinski definition) is 24. The molecule has 2 saturated heterocycles. The Labute approximate surface area is 523 Å².